The predicted molar refractivity (Wildman–Crippen MR) is 105 cm³/mol. The molecule has 116 valence electrons. The standard InChI is InChI=1S/C18H15ClN2S2/c1-11-8-9-23-18(11)17(22)13-7-6-12(10-14(13)19)21-16-5-3-2-4-15(16)20/h2-10,21H,20H2,1H3. The van der Waals surface area contributed by atoms with E-state index in [9.17, 15) is 0 Å². The topological polar surface area (TPSA) is 38.0 Å². The van der Waals surface area contributed by atoms with Crippen molar-refractivity contribution in [2.45, 2.75) is 6.92 Å². The smallest absolute Gasteiger partial charge is 0.0639 e. The van der Waals surface area contributed by atoms with Gasteiger partial charge in [-0.1, -0.05) is 36.0 Å². The number of rotatable bonds is 4. The molecule has 0 radical (unpaired) electrons. The van der Waals surface area contributed by atoms with Crippen LogP contribution in [-0.2, 0) is 0 Å². The van der Waals surface area contributed by atoms with Gasteiger partial charge in [0.1, 0.15) is 0 Å². The monoisotopic (exact) mass is 358 g/mol. The zero-order valence-electron chi connectivity index (χ0n) is 12.5. The van der Waals surface area contributed by atoms with Crippen molar-refractivity contribution >= 4 is 57.1 Å². The van der Waals surface area contributed by atoms with Gasteiger partial charge in [-0.3, -0.25) is 0 Å². The minimum atomic E-state index is 0.627. The van der Waals surface area contributed by atoms with Gasteiger partial charge >= 0.3 is 0 Å². The normalized spacial score (nSPS) is 10.5. The van der Waals surface area contributed by atoms with Gasteiger partial charge in [0.05, 0.1) is 21.3 Å². The molecule has 1 heterocycles. The van der Waals surface area contributed by atoms with Crippen LogP contribution in [0.5, 0.6) is 0 Å². The number of hydrogen-bond donors (Lipinski definition) is 2. The van der Waals surface area contributed by atoms with Crippen LogP contribution in [-0.4, -0.2) is 4.86 Å². The molecule has 0 spiro atoms. The number of nitrogens with two attached hydrogens (primary N) is 1. The van der Waals surface area contributed by atoms with E-state index in [4.69, 9.17) is 29.6 Å². The molecule has 0 saturated heterocycles. The number of benzene rings is 2. The average molecular weight is 359 g/mol. The Hall–Kier alpha value is -1.88. The fourth-order valence-electron chi connectivity index (χ4n) is 2.27. The van der Waals surface area contributed by atoms with Crippen molar-refractivity contribution < 1.29 is 0 Å². The van der Waals surface area contributed by atoms with Crippen molar-refractivity contribution in [3.63, 3.8) is 0 Å². The number of thiophene rings is 1. The highest BCUT2D eigenvalue weighted by molar-refractivity contribution is 7.81. The summed E-state index contributed by atoms with van der Waals surface area (Å²) >= 11 is 13.7. The molecule has 5 heteroatoms. The molecule has 0 unspecified atom stereocenters. The second-order valence-corrected chi connectivity index (χ2v) is 6.90. The van der Waals surface area contributed by atoms with Crippen LogP contribution in [0.1, 0.15) is 16.0 Å². The second kappa shape index (κ2) is 6.71. The Balaban J connectivity index is 1.88. The molecule has 3 rings (SSSR count). The largest absolute Gasteiger partial charge is 0.397 e. The highest BCUT2D eigenvalue weighted by Crippen LogP contribution is 2.29. The maximum Gasteiger partial charge on any atom is 0.0639 e. The molecule has 0 bridgehead atoms. The summed E-state index contributed by atoms with van der Waals surface area (Å²) in [5.41, 5.74) is 10.4. The van der Waals surface area contributed by atoms with Crippen LogP contribution >= 0.6 is 35.2 Å². The lowest BCUT2D eigenvalue weighted by Gasteiger charge is -2.12. The van der Waals surface area contributed by atoms with Gasteiger partial charge in [-0.15, -0.1) is 11.3 Å². The van der Waals surface area contributed by atoms with Crippen LogP contribution in [0.3, 0.4) is 0 Å². The molecular weight excluding hydrogens is 344 g/mol. The molecule has 0 aliphatic heterocycles. The number of nitrogens with one attached hydrogen (secondary N) is 1. The molecule has 23 heavy (non-hydrogen) atoms. The Morgan fingerprint density at radius 3 is 2.61 bits per heavy atom. The van der Waals surface area contributed by atoms with Crippen molar-refractivity contribution in [3.8, 4) is 0 Å². The van der Waals surface area contributed by atoms with Gasteiger partial charge in [0.25, 0.3) is 0 Å². The number of thiocarbonyl (C=S) groups is 1. The molecule has 2 aromatic carbocycles. The van der Waals surface area contributed by atoms with Gasteiger partial charge in [0, 0.05) is 16.1 Å². The van der Waals surface area contributed by atoms with E-state index >= 15 is 0 Å². The van der Waals surface area contributed by atoms with E-state index in [1.165, 1.54) is 5.56 Å². The quantitative estimate of drug-likeness (QED) is 0.351. The van der Waals surface area contributed by atoms with E-state index in [-0.39, 0.29) is 0 Å². The first-order chi connectivity index (χ1) is 11.1. The number of hydrogen-bond acceptors (Lipinski definition) is 4. The summed E-state index contributed by atoms with van der Waals surface area (Å²) in [6.07, 6.45) is 0. The van der Waals surface area contributed by atoms with E-state index in [1.807, 2.05) is 47.8 Å². The van der Waals surface area contributed by atoms with E-state index in [0.29, 0.717) is 10.7 Å². The van der Waals surface area contributed by atoms with Crippen LogP contribution in [0.4, 0.5) is 17.1 Å². The summed E-state index contributed by atoms with van der Waals surface area (Å²) in [6, 6.07) is 15.5. The summed E-state index contributed by atoms with van der Waals surface area (Å²) in [5, 5.41) is 5.94. The van der Waals surface area contributed by atoms with E-state index in [1.54, 1.807) is 11.3 Å². The third-order valence-corrected chi connectivity index (χ3v) is 5.42. The van der Waals surface area contributed by atoms with Crippen molar-refractivity contribution in [2.75, 3.05) is 11.1 Å². The Morgan fingerprint density at radius 1 is 1.17 bits per heavy atom. The molecule has 0 fully saturated rings. The summed E-state index contributed by atoms with van der Waals surface area (Å²) in [6.45, 7) is 2.06. The Morgan fingerprint density at radius 2 is 1.96 bits per heavy atom. The third-order valence-electron chi connectivity index (χ3n) is 3.52. The van der Waals surface area contributed by atoms with Gasteiger partial charge in [0.15, 0.2) is 0 Å². The molecule has 0 aliphatic carbocycles. The van der Waals surface area contributed by atoms with Crippen LogP contribution in [0.15, 0.2) is 53.9 Å². The molecule has 0 amide bonds. The van der Waals surface area contributed by atoms with E-state index in [0.717, 1.165) is 26.7 Å². The molecule has 2 nitrogen and oxygen atoms in total. The number of para-hydroxylation sites is 2. The van der Waals surface area contributed by atoms with E-state index in [2.05, 4.69) is 18.3 Å². The number of anilines is 3. The number of halogens is 1. The fraction of sp³-hybridized carbons (Fsp3) is 0.0556. The zero-order valence-corrected chi connectivity index (χ0v) is 14.9. The first kappa shape index (κ1) is 16.0. The SMILES string of the molecule is Cc1ccsc1C(=S)c1ccc(Nc2ccccc2N)cc1Cl. The summed E-state index contributed by atoms with van der Waals surface area (Å²) in [4.78, 5) is 1.88. The molecule has 0 aliphatic rings. The van der Waals surface area contributed by atoms with Crippen molar-refractivity contribution in [1.82, 2.24) is 0 Å². The molecule has 0 saturated carbocycles. The molecular formula is C18H15ClN2S2. The maximum absolute atomic E-state index is 6.45. The average Bonchev–Trinajstić information content (AvgIpc) is 2.95. The van der Waals surface area contributed by atoms with Crippen molar-refractivity contribution in [1.29, 1.82) is 0 Å². The number of aryl methyl sites for hydroxylation is 1. The lowest BCUT2D eigenvalue weighted by Crippen LogP contribution is -2.01. The summed E-state index contributed by atoms with van der Waals surface area (Å²) < 4.78 is 0. The first-order valence-corrected chi connectivity index (χ1v) is 8.72. The van der Waals surface area contributed by atoms with E-state index < -0.39 is 0 Å². The fourth-order valence-corrected chi connectivity index (χ4v) is 3.96. The highest BCUT2D eigenvalue weighted by atomic mass is 35.5. The van der Waals surface area contributed by atoms with Crippen LogP contribution in [0.25, 0.3) is 0 Å². The van der Waals surface area contributed by atoms with Gasteiger partial charge < -0.3 is 11.1 Å². The van der Waals surface area contributed by atoms with Gasteiger partial charge in [-0.2, -0.15) is 0 Å². The minimum absolute atomic E-state index is 0.627. The maximum atomic E-state index is 6.45. The summed E-state index contributed by atoms with van der Waals surface area (Å²) in [5.74, 6) is 0. The Bertz CT molecular complexity index is 871. The predicted octanol–water partition coefficient (Wildman–Crippen LogP) is 5.80. The highest BCUT2D eigenvalue weighted by Gasteiger charge is 2.13. The zero-order chi connectivity index (χ0) is 16.4. The van der Waals surface area contributed by atoms with Gasteiger partial charge in [0.2, 0.25) is 0 Å². The number of nitrogen functional groups attached to an aromatic ring is 1. The van der Waals surface area contributed by atoms with Crippen molar-refractivity contribution in [2.24, 2.45) is 0 Å². The third kappa shape index (κ3) is 3.39. The van der Waals surface area contributed by atoms with Gasteiger partial charge in [-0.25, -0.2) is 0 Å². The first-order valence-electron chi connectivity index (χ1n) is 7.06. The van der Waals surface area contributed by atoms with Crippen LogP contribution in [0.2, 0.25) is 5.02 Å². The van der Waals surface area contributed by atoms with Crippen LogP contribution in [0, 0.1) is 6.92 Å². The molecule has 3 aromatic rings. The molecule has 0 atom stereocenters. The lowest BCUT2D eigenvalue weighted by atomic mass is 10.1. The minimum Gasteiger partial charge on any atom is -0.397 e. The second-order valence-electron chi connectivity index (χ2n) is 5.17. The molecule has 1 aromatic heterocycles. The lowest BCUT2D eigenvalue weighted by molar-refractivity contribution is 1.52. The van der Waals surface area contributed by atoms with Crippen LogP contribution < -0.4 is 11.1 Å². The van der Waals surface area contributed by atoms with Crippen molar-refractivity contribution in [3.05, 3.63) is 74.9 Å². The molecule has 3 N–H and O–H groups in total. The van der Waals surface area contributed by atoms with Gasteiger partial charge in [-0.05, 0) is 54.3 Å². The Labute approximate surface area is 149 Å². The summed E-state index contributed by atoms with van der Waals surface area (Å²) in [7, 11) is 0. The Kier molecular flexibility index (Phi) is 4.66.